The molecule has 1 unspecified atom stereocenters. The Bertz CT molecular complexity index is 587. The van der Waals surface area contributed by atoms with Gasteiger partial charge in [-0.05, 0) is 37.6 Å². The SMILES string of the molecule is CCCNC(C)c1cccc(S(=O)(=O)N(C)CC(N)=O)c1. The Hall–Kier alpha value is -1.44. The molecule has 6 nitrogen and oxygen atoms in total. The summed E-state index contributed by atoms with van der Waals surface area (Å²) in [6.07, 6.45) is 1.00. The van der Waals surface area contributed by atoms with E-state index in [2.05, 4.69) is 12.2 Å². The van der Waals surface area contributed by atoms with Crippen molar-refractivity contribution < 1.29 is 13.2 Å². The van der Waals surface area contributed by atoms with Gasteiger partial charge in [-0.2, -0.15) is 4.31 Å². The summed E-state index contributed by atoms with van der Waals surface area (Å²) in [4.78, 5) is 11.0. The molecule has 1 atom stereocenters. The van der Waals surface area contributed by atoms with Gasteiger partial charge in [-0.3, -0.25) is 4.79 Å². The zero-order chi connectivity index (χ0) is 16.0. The van der Waals surface area contributed by atoms with Gasteiger partial charge < -0.3 is 11.1 Å². The minimum absolute atomic E-state index is 0.0570. The van der Waals surface area contributed by atoms with E-state index in [1.807, 2.05) is 13.0 Å². The van der Waals surface area contributed by atoms with Gasteiger partial charge >= 0.3 is 0 Å². The van der Waals surface area contributed by atoms with E-state index < -0.39 is 15.9 Å². The van der Waals surface area contributed by atoms with Gasteiger partial charge in [0.25, 0.3) is 0 Å². The summed E-state index contributed by atoms with van der Waals surface area (Å²) >= 11 is 0. The molecule has 0 saturated heterocycles. The second-order valence-corrected chi connectivity index (χ2v) is 7.02. The van der Waals surface area contributed by atoms with Gasteiger partial charge in [-0.15, -0.1) is 0 Å². The van der Waals surface area contributed by atoms with Crippen molar-refractivity contribution >= 4 is 15.9 Å². The molecular formula is C14H23N3O3S. The van der Waals surface area contributed by atoms with Gasteiger partial charge in [0.1, 0.15) is 0 Å². The number of carbonyl (C=O) groups is 1. The Morgan fingerprint density at radius 2 is 2.10 bits per heavy atom. The number of carbonyl (C=O) groups excluding carboxylic acids is 1. The highest BCUT2D eigenvalue weighted by Gasteiger charge is 2.22. The highest BCUT2D eigenvalue weighted by Crippen LogP contribution is 2.19. The predicted molar refractivity (Wildman–Crippen MR) is 82.2 cm³/mol. The quantitative estimate of drug-likeness (QED) is 0.744. The van der Waals surface area contributed by atoms with Gasteiger partial charge in [0.15, 0.2) is 0 Å². The molecule has 1 rings (SSSR count). The van der Waals surface area contributed by atoms with Crippen LogP contribution in [-0.4, -0.2) is 38.8 Å². The summed E-state index contributed by atoms with van der Waals surface area (Å²) in [5, 5.41) is 3.31. The third-order valence-corrected chi connectivity index (χ3v) is 4.94. The van der Waals surface area contributed by atoms with Crippen molar-refractivity contribution in [1.82, 2.24) is 9.62 Å². The van der Waals surface area contributed by atoms with Crippen LogP contribution in [0.5, 0.6) is 0 Å². The van der Waals surface area contributed by atoms with Crippen molar-refractivity contribution in [2.24, 2.45) is 5.73 Å². The first-order valence-electron chi connectivity index (χ1n) is 6.87. The van der Waals surface area contributed by atoms with Gasteiger partial charge in [-0.25, -0.2) is 8.42 Å². The lowest BCUT2D eigenvalue weighted by molar-refractivity contribution is -0.118. The number of amides is 1. The summed E-state index contributed by atoms with van der Waals surface area (Å²) in [7, 11) is -2.37. The maximum absolute atomic E-state index is 12.4. The zero-order valence-electron chi connectivity index (χ0n) is 12.7. The van der Waals surface area contributed by atoms with Crippen LogP contribution in [0, 0.1) is 0 Å². The van der Waals surface area contributed by atoms with Crippen LogP contribution in [0.15, 0.2) is 29.2 Å². The lowest BCUT2D eigenvalue weighted by Gasteiger charge is -2.18. The Morgan fingerprint density at radius 1 is 1.43 bits per heavy atom. The maximum atomic E-state index is 12.4. The number of rotatable bonds is 8. The Balaban J connectivity index is 3.00. The standard InChI is InChI=1S/C14H23N3O3S/c1-4-8-16-11(2)12-6-5-7-13(9-12)21(19,20)17(3)10-14(15)18/h5-7,9,11,16H,4,8,10H2,1-3H3,(H2,15,18). The number of sulfonamides is 1. The maximum Gasteiger partial charge on any atom is 0.243 e. The summed E-state index contributed by atoms with van der Waals surface area (Å²) in [6.45, 7) is 4.57. The largest absolute Gasteiger partial charge is 0.369 e. The highest BCUT2D eigenvalue weighted by atomic mass is 32.2. The van der Waals surface area contributed by atoms with E-state index in [9.17, 15) is 13.2 Å². The van der Waals surface area contributed by atoms with Gasteiger partial charge in [0.05, 0.1) is 11.4 Å². The first-order valence-corrected chi connectivity index (χ1v) is 8.31. The van der Waals surface area contributed by atoms with Crippen molar-refractivity contribution in [3.63, 3.8) is 0 Å². The Labute approximate surface area is 126 Å². The lowest BCUT2D eigenvalue weighted by Crippen LogP contribution is -2.35. The van der Waals surface area contributed by atoms with Crippen LogP contribution in [0.4, 0.5) is 0 Å². The fraction of sp³-hybridized carbons (Fsp3) is 0.500. The molecule has 0 bridgehead atoms. The van der Waals surface area contributed by atoms with Crippen molar-refractivity contribution in [3.05, 3.63) is 29.8 Å². The first-order chi connectivity index (χ1) is 9.78. The van der Waals surface area contributed by atoms with E-state index in [1.165, 1.54) is 13.1 Å². The molecule has 0 saturated carbocycles. The van der Waals surface area contributed by atoms with Gasteiger partial charge in [0.2, 0.25) is 15.9 Å². The number of nitrogens with zero attached hydrogens (tertiary/aromatic N) is 1. The molecule has 0 aliphatic heterocycles. The zero-order valence-corrected chi connectivity index (χ0v) is 13.5. The number of hydrogen-bond acceptors (Lipinski definition) is 4. The first kappa shape index (κ1) is 17.6. The van der Waals surface area contributed by atoms with Gasteiger partial charge in [-0.1, -0.05) is 19.1 Å². The van der Waals surface area contributed by atoms with Crippen molar-refractivity contribution in [2.45, 2.75) is 31.2 Å². The average Bonchev–Trinajstić information content (AvgIpc) is 2.44. The number of nitrogens with one attached hydrogen (secondary N) is 1. The summed E-state index contributed by atoms with van der Waals surface area (Å²) in [5.74, 6) is -0.685. The Morgan fingerprint density at radius 3 is 2.67 bits per heavy atom. The van der Waals surface area contributed by atoms with Crippen LogP contribution in [-0.2, 0) is 14.8 Å². The molecule has 0 spiro atoms. The molecule has 21 heavy (non-hydrogen) atoms. The minimum atomic E-state index is -3.71. The number of nitrogens with two attached hydrogens (primary N) is 1. The van der Waals surface area contributed by atoms with E-state index in [1.54, 1.807) is 12.1 Å². The number of primary amides is 1. The Kier molecular flexibility index (Phi) is 6.32. The van der Waals surface area contributed by atoms with E-state index in [-0.39, 0.29) is 17.5 Å². The fourth-order valence-electron chi connectivity index (χ4n) is 1.91. The number of likely N-dealkylation sites (N-methyl/N-ethyl adjacent to an activating group) is 1. The molecule has 0 radical (unpaired) electrons. The number of benzene rings is 1. The minimum Gasteiger partial charge on any atom is -0.369 e. The van der Waals surface area contributed by atoms with Crippen LogP contribution < -0.4 is 11.1 Å². The molecule has 0 fully saturated rings. The molecule has 0 heterocycles. The summed E-state index contributed by atoms with van der Waals surface area (Å²) in [5.41, 5.74) is 5.93. The molecule has 1 amide bonds. The smallest absolute Gasteiger partial charge is 0.243 e. The number of hydrogen-bond donors (Lipinski definition) is 2. The predicted octanol–water partition coefficient (Wildman–Crippen LogP) is 0.853. The van der Waals surface area contributed by atoms with Crippen molar-refractivity contribution in [1.29, 1.82) is 0 Å². The molecule has 0 aromatic heterocycles. The topological polar surface area (TPSA) is 92.5 Å². The van der Waals surface area contributed by atoms with E-state index in [0.29, 0.717) is 0 Å². The van der Waals surface area contributed by atoms with Crippen LogP contribution in [0.25, 0.3) is 0 Å². The van der Waals surface area contributed by atoms with Crippen LogP contribution in [0.2, 0.25) is 0 Å². The molecule has 1 aromatic rings. The second-order valence-electron chi connectivity index (χ2n) is 4.98. The molecular weight excluding hydrogens is 290 g/mol. The third kappa shape index (κ3) is 4.80. The highest BCUT2D eigenvalue weighted by molar-refractivity contribution is 7.89. The molecule has 0 aliphatic rings. The van der Waals surface area contributed by atoms with E-state index >= 15 is 0 Å². The summed E-state index contributed by atoms with van der Waals surface area (Å²) < 4.78 is 25.7. The normalized spacial score (nSPS) is 13.3. The monoisotopic (exact) mass is 313 g/mol. The van der Waals surface area contributed by atoms with E-state index in [0.717, 1.165) is 22.8 Å². The van der Waals surface area contributed by atoms with Crippen LogP contribution in [0.3, 0.4) is 0 Å². The second kappa shape index (κ2) is 7.53. The third-order valence-electron chi connectivity index (χ3n) is 3.15. The van der Waals surface area contributed by atoms with Crippen LogP contribution >= 0.6 is 0 Å². The average molecular weight is 313 g/mol. The molecule has 1 aromatic carbocycles. The van der Waals surface area contributed by atoms with Crippen molar-refractivity contribution in [3.8, 4) is 0 Å². The van der Waals surface area contributed by atoms with Crippen molar-refractivity contribution in [2.75, 3.05) is 20.1 Å². The molecule has 118 valence electrons. The lowest BCUT2D eigenvalue weighted by atomic mass is 10.1. The van der Waals surface area contributed by atoms with Gasteiger partial charge in [0, 0.05) is 13.1 Å². The molecule has 3 N–H and O–H groups in total. The molecule has 0 aliphatic carbocycles. The van der Waals surface area contributed by atoms with Crippen LogP contribution in [0.1, 0.15) is 31.9 Å². The van der Waals surface area contributed by atoms with E-state index in [4.69, 9.17) is 5.73 Å². The molecule has 7 heteroatoms. The fourth-order valence-corrected chi connectivity index (χ4v) is 3.10. The summed E-state index contributed by atoms with van der Waals surface area (Å²) in [6, 6.07) is 6.77.